The fourth-order valence-electron chi connectivity index (χ4n) is 1.34. The lowest BCUT2D eigenvalue weighted by atomic mass is 10.0. The number of nitriles is 1. The number of likely N-dealkylation sites (N-methyl/N-ethyl adjacent to an activating group) is 1. The lowest BCUT2D eigenvalue weighted by molar-refractivity contribution is -0.119. The Morgan fingerprint density at radius 2 is 2.12 bits per heavy atom. The van der Waals surface area contributed by atoms with Gasteiger partial charge in [0.2, 0.25) is 5.91 Å². The highest BCUT2D eigenvalue weighted by molar-refractivity contribution is 5.77. The van der Waals surface area contributed by atoms with Crippen LogP contribution < -0.4 is 10.6 Å². The fourth-order valence-corrected chi connectivity index (χ4v) is 1.34. The molecule has 4 heteroatoms. The van der Waals surface area contributed by atoms with Gasteiger partial charge in [0.15, 0.2) is 0 Å². The smallest absolute Gasteiger partial charge is 0.233 e. The molecule has 0 aliphatic heterocycles. The summed E-state index contributed by atoms with van der Waals surface area (Å²) in [5.41, 5.74) is 0.967. The zero-order valence-electron chi connectivity index (χ0n) is 9.23. The van der Waals surface area contributed by atoms with E-state index in [1.54, 1.807) is 7.05 Å². The van der Waals surface area contributed by atoms with Crippen molar-refractivity contribution in [3.8, 4) is 6.07 Å². The molecule has 1 unspecified atom stereocenters. The van der Waals surface area contributed by atoms with Gasteiger partial charge in [-0.3, -0.25) is 4.79 Å². The van der Waals surface area contributed by atoms with Crippen LogP contribution in [0.1, 0.15) is 11.5 Å². The van der Waals surface area contributed by atoms with Crippen molar-refractivity contribution in [1.29, 1.82) is 5.26 Å². The number of nitrogens with zero attached hydrogens (tertiary/aromatic N) is 1. The van der Waals surface area contributed by atoms with Gasteiger partial charge >= 0.3 is 0 Å². The fraction of sp³-hybridized carbons (Fsp3) is 0.333. The molecule has 16 heavy (non-hydrogen) atoms. The van der Waals surface area contributed by atoms with Crippen LogP contribution in [0.2, 0.25) is 0 Å². The van der Waals surface area contributed by atoms with Gasteiger partial charge in [0.25, 0.3) is 0 Å². The highest BCUT2D eigenvalue weighted by Crippen LogP contribution is 2.12. The van der Waals surface area contributed by atoms with Gasteiger partial charge in [0.1, 0.15) is 0 Å². The summed E-state index contributed by atoms with van der Waals surface area (Å²) in [7, 11) is 1.59. The Bertz CT molecular complexity index is 370. The van der Waals surface area contributed by atoms with E-state index in [1.807, 2.05) is 30.3 Å². The Morgan fingerprint density at radius 3 is 2.69 bits per heavy atom. The molecule has 0 saturated carbocycles. The Labute approximate surface area is 95.3 Å². The Balaban J connectivity index is 2.45. The summed E-state index contributed by atoms with van der Waals surface area (Å²) in [5.74, 6) is -0.296. The third-order valence-electron chi connectivity index (χ3n) is 2.27. The van der Waals surface area contributed by atoms with E-state index in [2.05, 4.69) is 16.7 Å². The second-order valence-electron chi connectivity index (χ2n) is 3.40. The normalized spacial score (nSPS) is 11.5. The number of amides is 1. The Morgan fingerprint density at radius 1 is 1.44 bits per heavy atom. The minimum Gasteiger partial charge on any atom is -0.358 e. The summed E-state index contributed by atoms with van der Waals surface area (Å²) >= 11 is 0. The maximum absolute atomic E-state index is 11.0. The van der Waals surface area contributed by atoms with E-state index in [0.717, 1.165) is 5.56 Å². The second kappa shape index (κ2) is 6.59. The first kappa shape index (κ1) is 12.2. The van der Waals surface area contributed by atoms with Crippen molar-refractivity contribution in [2.75, 3.05) is 20.1 Å². The van der Waals surface area contributed by atoms with Crippen LogP contribution in [-0.4, -0.2) is 26.0 Å². The molecule has 0 spiro atoms. The molecular formula is C12H15N3O. The van der Waals surface area contributed by atoms with Gasteiger partial charge in [-0.1, -0.05) is 30.3 Å². The molecule has 0 aromatic heterocycles. The van der Waals surface area contributed by atoms with Crippen LogP contribution in [0.25, 0.3) is 0 Å². The Hall–Kier alpha value is -1.86. The summed E-state index contributed by atoms with van der Waals surface area (Å²) in [4.78, 5) is 11.0. The predicted octanol–water partition coefficient (Wildman–Crippen LogP) is 0.629. The van der Waals surface area contributed by atoms with Gasteiger partial charge in [0, 0.05) is 13.6 Å². The van der Waals surface area contributed by atoms with Crippen LogP contribution in [0.4, 0.5) is 0 Å². The summed E-state index contributed by atoms with van der Waals surface area (Å²) in [6.07, 6.45) is 0. The van der Waals surface area contributed by atoms with Crippen LogP contribution >= 0.6 is 0 Å². The van der Waals surface area contributed by atoms with Crippen LogP contribution in [0.3, 0.4) is 0 Å². The van der Waals surface area contributed by atoms with E-state index < -0.39 is 0 Å². The highest BCUT2D eigenvalue weighted by atomic mass is 16.1. The first-order chi connectivity index (χ1) is 7.77. The monoisotopic (exact) mass is 217 g/mol. The minimum atomic E-state index is -0.217. The van der Waals surface area contributed by atoms with E-state index in [-0.39, 0.29) is 18.4 Å². The molecule has 0 heterocycles. The summed E-state index contributed by atoms with van der Waals surface area (Å²) in [6.45, 7) is 0.718. The van der Waals surface area contributed by atoms with Crippen molar-refractivity contribution < 1.29 is 4.79 Å². The molecule has 0 fully saturated rings. The molecule has 0 bridgehead atoms. The number of rotatable bonds is 5. The SMILES string of the molecule is CNC(=O)CNCC(C#N)c1ccccc1. The van der Waals surface area contributed by atoms with Crippen molar-refractivity contribution in [2.24, 2.45) is 0 Å². The molecular weight excluding hydrogens is 202 g/mol. The summed E-state index contributed by atoms with van der Waals surface area (Å²) < 4.78 is 0. The van der Waals surface area contributed by atoms with Crippen molar-refractivity contribution in [3.63, 3.8) is 0 Å². The van der Waals surface area contributed by atoms with E-state index in [1.165, 1.54) is 0 Å². The zero-order chi connectivity index (χ0) is 11.8. The lowest BCUT2D eigenvalue weighted by Crippen LogP contribution is -2.33. The molecule has 2 N–H and O–H groups in total. The molecule has 0 aliphatic rings. The van der Waals surface area contributed by atoms with Crippen LogP contribution in [0.5, 0.6) is 0 Å². The highest BCUT2D eigenvalue weighted by Gasteiger charge is 2.09. The number of hydrogen-bond donors (Lipinski definition) is 2. The quantitative estimate of drug-likeness (QED) is 0.760. The first-order valence-corrected chi connectivity index (χ1v) is 5.13. The van der Waals surface area contributed by atoms with Crippen molar-refractivity contribution in [2.45, 2.75) is 5.92 Å². The second-order valence-corrected chi connectivity index (χ2v) is 3.40. The van der Waals surface area contributed by atoms with Gasteiger partial charge in [0.05, 0.1) is 18.5 Å². The third-order valence-corrected chi connectivity index (χ3v) is 2.27. The topological polar surface area (TPSA) is 64.9 Å². The Kier molecular flexibility index (Phi) is 5.03. The van der Waals surface area contributed by atoms with Crippen LogP contribution in [0, 0.1) is 11.3 Å². The van der Waals surface area contributed by atoms with E-state index in [4.69, 9.17) is 5.26 Å². The summed E-state index contributed by atoms with van der Waals surface area (Å²) in [6, 6.07) is 11.8. The molecule has 84 valence electrons. The van der Waals surface area contributed by atoms with Gasteiger partial charge in [-0.05, 0) is 5.56 Å². The summed E-state index contributed by atoms with van der Waals surface area (Å²) in [5, 5.41) is 14.5. The van der Waals surface area contributed by atoms with Crippen LogP contribution in [-0.2, 0) is 4.79 Å². The molecule has 0 aliphatic carbocycles. The van der Waals surface area contributed by atoms with Crippen molar-refractivity contribution in [1.82, 2.24) is 10.6 Å². The third kappa shape index (κ3) is 3.71. The number of hydrogen-bond acceptors (Lipinski definition) is 3. The largest absolute Gasteiger partial charge is 0.358 e. The molecule has 1 aromatic carbocycles. The molecule has 1 amide bonds. The van der Waals surface area contributed by atoms with E-state index in [9.17, 15) is 4.79 Å². The number of benzene rings is 1. The van der Waals surface area contributed by atoms with Gasteiger partial charge in [-0.25, -0.2) is 0 Å². The maximum Gasteiger partial charge on any atom is 0.233 e. The average molecular weight is 217 g/mol. The van der Waals surface area contributed by atoms with Gasteiger partial charge in [-0.15, -0.1) is 0 Å². The van der Waals surface area contributed by atoms with Crippen molar-refractivity contribution in [3.05, 3.63) is 35.9 Å². The molecule has 1 aromatic rings. The molecule has 1 atom stereocenters. The van der Waals surface area contributed by atoms with Crippen molar-refractivity contribution >= 4 is 5.91 Å². The lowest BCUT2D eigenvalue weighted by Gasteiger charge is -2.10. The standard InChI is InChI=1S/C12H15N3O/c1-14-12(16)9-15-8-11(7-13)10-5-3-2-4-6-10/h2-6,11,15H,8-9H2,1H3,(H,14,16). The predicted molar refractivity (Wildman–Crippen MR) is 61.7 cm³/mol. The van der Waals surface area contributed by atoms with Gasteiger partial charge < -0.3 is 10.6 Å². The molecule has 4 nitrogen and oxygen atoms in total. The molecule has 1 rings (SSSR count). The van der Waals surface area contributed by atoms with E-state index in [0.29, 0.717) is 6.54 Å². The zero-order valence-corrected chi connectivity index (χ0v) is 9.23. The van der Waals surface area contributed by atoms with Gasteiger partial charge in [-0.2, -0.15) is 5.26 Å². The molecule has 0 radical (unpaired) electrons. The van der Waals surface area contributed by atoms with E-state index >= 15 is 0 Å². The number of carbonyl (C=O) groups is 1. The minimum absolute atomic E-state index is 0.0789. The average Bonchev–Trinajstić information content (AvgIpc) is 2.35. The first-order valence-electron chi connectivity index (χ1n) is 5.13. The maximum atomic E-state index is 11.0. The number of nitrogens with one attached hydrogen (secondary N) is 2. The molecule has 0 saturated heterocycles. The van der Waals surface area contributed by atoms with Crippen LogP contribution in [0.15, 0.2) is 30.3 Å². The number of carbonyl (C=O) groups excluding carboxylic acids is 1.